The minimum Gasteiger partial charge on any atom is -0.324 e. The van der Waals surface area contributed by atoms with E-state index in [1.54, 1.807) is 11.8 Å². The lowest BCUT2D eigenvalue weighted by Crippen LogP contribution is -2.25. The first-order chi connectivity index (χ1) is 8.80. The maximum Gasteiger partial charge on any atom is 0.191 e. The molecule has 1 aromatic rings. The lowest BCUT2D eigenvalue weighted by Gasteiger charge is -2.17. The molecule has 0 atom stereocenters. The Labute approximate surface area is 113 Å². The topological polar surface area (TPSA) is 60.0 Å². The largest absolute Gasteiger partial charge is 0.324 e. The molecule has 18 heavy (non-hydrogen) atoms. The predicted molar refractivity (Wildman–Crippen MR) is 74.7 cm³/mol. The summed E-state index contributed by atoms with van der Waals surface area (Å²) in [5.74, 6) is 2.00. The van der Waals surface area contributed by atoms with Crippen LogP contribution in [0.15, 0.2) is 5.16 Å². The fourth-order valence-corrected chi connectivity index (χ4v) is 3.07. The Morgan fingerprint density at radius 1 is 1.33 bits per heavy atom. The molecule has 1 heterocycles. The van der Waals surface area contributed by atoms with Crippen molar-refractivity contribution in [1.82, 2.24) is 19.7 Å². The van der Waals surface area contributed by atoms with Crippen molar-refractivity contribution in [3.8, 4) is 0 Å². The first kappa shape index (κ1) is 13.8. The van der Waals surface area contributed by atoms with Gasteiger partial charge < -0.3 is 15.2 Å². The van der Waals surface area contributed by atoms with Gasteiger partial charge in [0, 0.05) is 18.3 Å². The standard InChI is InChI=1S/C12H23N5S/c1-3-16(4-2)7-8-18-12-15-14-11(9-13)17(12)10-5-6-10/h10H,3-9,13H2,1-2H3. The van der Waals surface area contributed by atoms with Gasteiger partial charge in [-0.1, -0.05) is 25.6 Å². The van der Waals surface area contributed by atoms with Crippen molar-refractivity contribution in [2.45, 2.75) is 44.4 Å². The van der Waals surface area contributed by atoms with Gasteiger partial charge >= 0.3 is 0 Å². The van der Waals surface area contributed by atoms with Crippen LogP contribution in [-0.2, 0) is 6.54 Å². The molecule has 0 amide bonds. The maximum atomic E-state index is 5.71. The molecular formula is C12H23N5S. The van der Waals surface area contributed by atoms with E-state index in [-0.39, 0.29) is 0 Å². The van der Waals surface area contributed by atoms with Gasteiger partial charge in [-0.3, -0.25) is 0 Å². The van der Waals surface area contributed by atoms with E-state index >= 15 is 0 Å². The molecular weight excluding hydrogens is 246 g/mol. The minimum absolute atomic E-state index is 0.486. The summed E-state index contributed by atoms with van der Waals surface area (Å²) < 4.78 is 2.24. The monoisotopic (exact) mass is 269 g/mol. The molecule has 0 bridgehead atoms. The summed E-state index contributed by atoms with van der Waals surface area (Å²) in [5.41, 5.74) is 5.71. The second-order valence-corrected chi connectivity index (χ2v) is 5.64. The molecule has 1 saturated carbocycles. The average molecular weight is 269 g/mol. The Morgan fingerprint density at radius 2 is 2.06 bits per heavy atom. The number of thioether (sulfide) groups is 1. The van der Waals surface area contributed by atoms with E-state index < -0.39 is 0 Å². The van der Waals surface area contributed by atoms with Crippen LogP contribution in [0, 0.1) is 0 Å². The molecule has 1 aliphatic rings. The van der Waals surface area contributed by atoms with Crippen molar-refractivity contribution in [1.29, 1.82) is 0 Å². The highest BCUT2D eigenvalue weighted by molar-refractivity contribution is 7.99. The molecule has 0 aromatic carbocycles. The van der Waals surface area contributed by atoms with Gasteiger partial charge in [0.2, 0.25) is 0 Å². The number of hydrogen-bond acceptors (Lipinski definition) is 5. The fraction of sp³-hybridized carbons (Fsp3) is 0.833. The van der Waals surface area contributed by atoms with Gasteiger partial charge in [0.05, 0.1) is 6.54 Å². The van der Waals surface area contributed by atoms with Crippen LogP contribution in [0.5, 0.6) is 0 Å². The van der Waals surface area contributed by atoms with Crippen molar-refractivity contribution >= 4 is 11.8 Å². The van der Waals surface area contributed by atoms with Crippen LogP contribution in [0.2, 0.25) is 0 Å². The third-order valence-corrected chi connectivity index (χ3v) is 4.29. The van der Waals surface area contributed by atoms with Crippen LogP contribution in [-0.4, -0.2) is 45.1 Å². The number of hydrogen-bond donors (Lipinski definition) is 1. The van der Waals surface area contributed by atoms with E-state index in [2.05, 4.69) is 33.5 Å². The zero-order valence-electron chi connectivity index (χ0n) is 11.3. The molecule has 5 nitrogen and oxygen atoms in total. The number of nitrogens with zero attached hydrogens (tertiary/aromatic N) is 4. The van der Waals surface area contributed by atoms with E-state index in [0.717, 1.165) is 36.4 Å². The summed E-state index contributed by atoms with van der Waals surface area (Å²) >= 11 is 1.80. The second kappa shape index (κ2) is 6.54. The molecule has 1 fully saturated rings. The first-order valence-corrected chi connectivity index (χ1v) is 7.77. The van der Waals surface area contributed by atoms with Gasteiger partial charge in [0.15, 0.2) is 5.16 Å². The van der Waals surface area contributed by atoms with Crippen molar-refractivity contribution in [2.75, 3.05) is 25.4 Å². The van der Waals surface area contributed by atoms with E-state index in [1.165, 1.54) is 12.8 Å². The number of rotatable bonds is 8. The summed E-state index contributed by atoms with van der Waals surface area (Å²) in [5, 5.41) is 9.51. The van der Waals surface area contributed by atoms with Crippen LogP contribution >= 0.6 is 11.8 Å². The molecule has 0 unspecified atom stereocenters. The van der Waals surface area contributed by atoms with Gasteiger partial charge in [-0.15, -0.1) is 10.2 Å². The quantitative estimate of drug-likeness (QED) is 0.725. The van der Waals surface area contributed by atoms with Crippen LogP contribution in [0.4, 0.5) is 0 Å². The highest BCUT2D eigenvalue weighted by Crippen LogP contribution is 2.38. The highest BCUT2D eigenvalue weighted by Gasteiger charge is 2.29. The number of nitrogens with two attached hydrogens (primary N) is 1. The molecule has 1 aliphatic carbocycles. The summed E-state index contributed by atoms with van der Waals surface area (Å²) in [4.78, 5) is 2.43. The summed E-state index contributed by atoms with van der Waals surface area (Å²) in [7, 11) is 0. The average Bonchev–Trinajstić information content (AvgIpc) is 3.15. The van der Waals surface area contributed by atoms with E-state index in [4.69, 9.17) is 5.73 Å². The molecule has 0 saturated heterocycles. The molecule has 0 spiro atoms. The normalized spacial score (nSPS) is 15.6. The van der Waals surface area contributed by atoms with Gasteiger partial charge in [0.25, 0.3) is 0 Å². The van der Waals surface area contributed by atoms with Crippen molar-refractivity contribution in [2.24, 2.45) is 5.73 Å². The smallest absolute Gasteiger partial charge is 0.191 e. The Bertz CT molecular complexity index is 371. The zero-order chi connectivity index (χ0) is 13.0. The van der Waals surface area contributed by atoms with Crippen LogP contribution in [0.1, 0.15) is 38.6 Å². The zero-order valence-corrected chi connectivity index (χ0v) is 12.1. The minimum atomic E-state index is 0.486. The van der Waals surface area contributed by atoms with Gasteiger partial charge in [0.1, 0.15) is 5.82 Å². The molecule has 2 N–H and O–H groups in total. The van der Waals surface area contributed by atoms with Crippen LogP contribution in [0.25, 0.3) is 0 Å². The molecule has 0 radical (unpaired) electrons. The van der Waals surface area contributed by atoms with E-state index in [1.807, 2.05) is 0 Å². The van der Waals surface area contributed by atoms with Gasteiger partial charge in [-0.05, 0) is 25.9 Å². The third-order valence-electron chi connectivity index (χ3n) is 3.36. The van der Waals surface area contributed by atoms with Crippen LogP contribution < -0.4 is 5.73 Å². The van der Waals surface area contributed by atoms with Crippen molar-refractivity contribution in [3.63, 3.8) is 0 Å². The second-order valence-electron chi connectivity index (χ2n) is 4.58. The predicted octanol–water partition coefficient (Wildman–Crippen LogP) is 1.51. The van der Waals surface area contributed by atoms with Crippen LogP contribution in [0.3, 0.4) is 0 Å². The first-order valence-electron chi connectivity index (χ1n) is 6.79. The maximum absolute atomic E-state index is 5.71. The Morgan fingerprint density at radius 3 is 2.61 bits per heavy atom. The number of aromatic nitrogens is 3. The van der Waals surface area contributed by atoms with Crippen molar-refractivity contribution < 1.29 is 0 Å². The Balaban J connectivity index is 1.91. The molecule has 2 rings (SSSR count). The van der Waals surface area contributed by atoms with E-state index in [9.17, 15) is 0 Å². The SMILES string of the molecule is CCN(CC)CCSc1nnc(CN)n1C1CC1. The summed E-state index contributed by atoms with van der Waals surface area (Å²) in [6, 6.07) is 0.606. The Kier molecular flexibility index (Phi) is 5.03. The summed E-state index contributed by atoms with van der Waals surface area (Å²) in [6.45, 7) is 8.22. The third kappa shape index (κ3) is 3.24. The fourth-order valence-electron chi connectivity index (χ4n) is 2.05. The summed E-state index contributed by atoms with van der Waals surface area (Å²) in [6.07, 6.45) is 2.49. The lowest BCUT2D eigenvalue weighted by atomic mass is 10.5. The molecule has 1 aromatic heterocycles. The Hall–Kier alpha value is -0.590. The molecule has 0 aliphatic heterocycles. The molecule has 6 heteroatoms. The van der Waals surface area contributed by atoms with E-state index in [0.29, 0.717) is 12.6 Å². The van der Waals surface area contributed by atoms with Crippen molar-refractivity contribution in [3.05, 3.63) is 5.82 Å². The lowest BCUT2D eigenvalue weighted by molar-refractivity contribution is 0.323. The molecule has 102 valence electrons. The van der Waals surface area contributed by atoms with Gasteiger partial charge in [-0.2, -0.15) is 0 Å². The highest BCUT2D eigenvalue weighted by atomic mass is 32.2. The van der Waals surface area contributed by atoms with Gasteiger partial charge in [-0.25, -0.2) is 0 Å².